The lowest BCUT2D eigenvalue weighted by Gasteiger charge is -2.17. The smallest absolute Gasteiger partial charge is 0.00973 e. The summed E-state index contributed by atoms with van der Waals surface area (Å²) in [5.74, 6) is 0. The van der Waals surface area contributed by atoms with Crippen molar-refractivity contribution < 1.29 is 0 Å². The van der Waals surface area contributed by atoms with E-state index in [1.165, 1.54) is 27.8 Å². The number of allylic oxidation sites excluding steroid dienone is 1. The van der Waals surface area contributed by atoms with E-state index < -0.39 is 0 Å². The van der Waals surface area contributed by atoms with Crippen molar-refractivity contribution in [3.63, 3.8) is 0 Å². The Labute approximate surface area is 116 Å². The van der Waals surface area contributed by atoms with Gasteiger partial charge in [0.1, 0.15) is 0 Å². The summed E-state index contributed by atoms with van der Waals surface area (Å²) in [4.78, 5) is 0. The van der Waals surface area contributed by atoms with Crippen LogP contribution in [0.5, 0.6) is 0 Å². The van der Waals surface area contributed by atoms with Gasteiger partial charge in [-0.2, -0.15) is 0 Å². The lowest BCUT2D eigenvalue weighted by molar-refractivity contribution is 1.00. The average Bonchev–Trinajstić information content (AvgIpc) is 2.47. The van der Waals surface area contributed by atoms with Crippen LogP contribution in [0.4, 0.5) is 0 Å². The van der Waals surface area contributed by atoms with E-state index in [2.05, 4.69) is 62.9 Å². The maximum Gasteiger partial charge on any atom is -0.00973 e. The SMILES string of the molecule is C=CCc1ccc(-c2ccccc2)c(CC)c1CC. The fourth-order valence-corrected chi connectivity index (χ4v) is 2.82. The molecule has 2 aromatic rings. The van der Waals surface area contributed by atoms with Crippen LogP contribution in [-0.4, -0.2) is 0 Å². The molecule has 0 aliphatic carbocycles. The Balaban J connectivity index is 2.60. The minimum atomic E-state index is 0.964. The molecule has 0 bridgehead atoms. The molecule has 0 N–H and O–H groups in total. The Morgan fingerprint density at radius 1 is 0.895 bits per heavy atom. The molecule has 0 atom stereocenters. The lowest BCUT2D eigenvalue weighted by atomic mass is 9.88. The number of benzene rings is 2. The van der Waals surface area contributed by atoms with Gasteiger partial charge in [-0.1, -0.05) is 62.4 Å². The summed E-state index contributed by atoms with van der Waals surface area (Å²) in [6.45, 7) is 8.36. The van der Waals surface area contributed by atoms with Crippen molar-refractivity contribution in [2.24, 2.45) is 0 Å². The molecule has 2 aromatic carbocycles. The van der Waals surface area contributed by atoms with Crippen molar-refractivity contribution in [2.75, 3.05) is 0 Å². The first kappa shape index (κ1) is 13.6. The molecule has 98 valence electrons. The van der Waals surface area contributed by atoms with Gasteiger partial charge in [-0.25, -0.2) is 0 Å². The second-order valence-corrected chi connectivity index (χ2v) is 4.80. The Kier molecular flexibility index (Phi) is 4.57. The minimum absolute atomic E-state index is 0.964. The molecule has 0 heteroatoms. The Hall–Kier alpha value is -1.82. The van der Waals surface area contributed by atoms with Gasteiger partial charge in [-0.05, 0) is 47.1 Å². The summed E-state index contributed by atoms with van der Waals surface area (Å²) in [6.07, 6.45) is 5.13. The van der Waals surface area contributed by atoms with Crippen molar-refractivity contribution in [3.8, 4) is 11.1 Å². The summed E-state index contributed by atoms with van der Waals surface area (Å²) >= 11 is 0. The zero-order valence-corrected chi connectivity index (χ0v) is 11.9. The van der Waals surface area contributed by atoms with Crippen molar-refractivity contribution in [3.05, 3.63) is 71.8 Å². The molecule has 0 saturated carbocycles. The topological polar surface area (TPSA) is 0 Å². The summed E-state index contributed by atoms with van der Waals surface area (Å²) < 4.78 is 0. The largest absolute Gasteiger partial charge is 0.103 e. The molecule has 0 amide bonds. The van der Waals surface area contributed by atoms with Crippen LogP contribution in [0.1, 0.15) is 30.5 Å². The van der Waals surface area contributed by atoms with Gasteiger partial charge >= 0.3 is 0 Å². The highest BCUT2D eigenvalue weighted by Crippen LogP contribution is 2.29. The first-order valence-corrected chi connectivity index (χ1v) is 7.11. The van der Waals surface area contributed by atoms with Crippen LogP contribution in [0.2, 0.25) is 0 Å². The highest BCUT2D eigenvalue weighted by atomic mass is 14.2. The van der Waals surface area contributed by atoms with Gasteiger partial charge in [-0.15, -0.1) is 6.58 Å². The molecule has 0 radical (unpaired) electrons. The fraction of sp³-hybridized carbons (Fsp3) is 0.263. The van der Waals surface area contributed by atoms with Gasteiger partial charge in [0, 0.05) is 0 Å². The Morgan fingerprint density at radius 2 is 1.58 bits per heavy atom. The van der Waals surface area contributed by atoms with Crippen molar-refractivity contribution >= 4 is 0 Å². The molecule has 0 nitrogen and oxygen atoms in total. The molecule has 0 aliphatic heterocycles. The van der Waals surface area contributed by atoms with E-state index in [-0.39, 0.29) is 0 Å². The maximum atomic E-state index is 3.87. The number of hydrogen-bond donors (Lipinski definition) is 0. The van der Waals surface area contributed by atoms with E-state index in [1.807, 2.05) is 6.08 Å². The van der Waals surface area contributed by atoms with Gasteiger partial charge in [0.15, 0.2) is 0 Å². The van der Waals surface area contributed by atoms with Gasteiger partial charge in [-0.3, -0.25) is 0 Å². The van der Waals surface area contributed by atoms with E-state index in [9.17, 15) is 0 Å². The highest BCUT2D eigenvalue weighted by Gasteiger charge is 2.11. The van der Waals surface area contributed by atoms with Crippen LogP contribution in [0.25, 0.3) is 11.1 Å². The third-order valence-corrected chi connectivity index (χ3v) is 3.68. The molecular formula is C19H22. The Bertz CT molecular complexity index is 550. The highest BCUT2D eigenvalue weighted by molar-refractivity contribution is 5.69. The quantitative estimate of drug-likeness (QED) is 0.639. The summed E-state index contributed by atoms with van der Waals surface area (Å²) in [5, 5.41) is 0. The van der Waals surface area contributed by atoms with Crippen molar-refractivity contribution in [1.29, 1.82) is 0 Å². The van der Waals surface area contributed by atoms with Crippen molar-refractivity contribution in [1.82, 2.24) is 0 Å². The molecule has 0 aromatic heterocycles. The van der Waals surface area contributed by atoms with Crippen LogP contribution < -0.4 is 0 Å². The predicted molar refractivity (Wildman–Crippen MR) is 84.5 cm³/mol. The van der Waals surface area contributed by atoms with Crippen molar-refractivity contribution in [2.45, 2.75) is 33.1 Å². The molecule has 0 fully saturated rings. The predicted octanol–water partition coefficient (Wildman–Crippen LogP) is 5.21. The van der Waals surface area contributed by atoms with E-state index in [1.54, 1.807) is 0 Å². The van der Waals surface area contributed by atoms with E-state index in [4.69, 9.17) is 0 Å². The molecule has 0 heterocycles. The molecule has 0 saturated heterocycles. The van der Waals surface area contributed by atoms with Crippen LogP contribution >= 0.6 is 0 Å². The first-order chi connectivity index (χ1) is 9.31. The van der Waals surface area contributed by atoms with E-state index in [0.29, 0.717) is 0 Å². The van der Waals surface area contributed by atoms with E-state index in [0.717, 1.165) is 19.3 Å². The zero-order valence-electron chi connectivity index (χ0n) is 11.9. The number of rotatable bonds is 5. The van der Waals surface area contributed by atoms with Gasteiger partial charge in [0.05, 0.1) is 0 Å². The second-order valence-electron chi connectivity index (χ2n) is 4.80. The van der Waals surface area contributed by atoms with Gasteiger partial charge < -0.3 is 0 Å². The minimum Gasteiger partial charge on any atom is -0.103 e. The second kappa shape index (κ2) is 6.38. The molecule has 0 aliphatic rings. The summed E-state index contributed by atoms with van der Waals surface area (Å²) in [5.41, 5.74) is 7.12. The van der Waals surface area contributed by atoms with Crippen LogP contribution in [0.15, 0.2) is 55.1 Å². The molecule has 0 unspecified atom stereocenters. The molecular weight excluding hydrogens is 228 g/mol. The third kappa shape index (κ3) is 2.78. The van der Waals surface area contributed by atoms with Gasteiger partial charge in [0.2, 0.25) is 0 Å². The molecule has 2 rings (SSSR count). The monoisotopic (exact) mass is 250 g/mol. The van der Waals surface area contributed by atoms with Crippen LogP contribution in [-0.2, 0) is 19.3 Å². The lowest BCUT2D eigenvalue weighted by Crippen LogP contribution is -2.00. The van der Waals surface area contributed by atoms with E-state index >= 15 is 0 Å². The summed E-state index contributed by atoms with van der Waals surface area (Å²) in [6, 6.07) is 15.2. The Morgan fingerprint density at radius 3 is 2.16 bits per heavy atom. The van der Waals surface area contributed by atoms with Crippen LogP contribution in [0.3, 0.4) is 0 Å². The normalized spacial score (nSPS) is 10.4. The first-order valence-electron chi connectivity index (χ1n) is 7.11. The number of hydrogen-bond acceptors (Lipinski definition) is 0. The standard InChI is InChI=1S/C19H22/c1-4-10-15-13-14-19(16-11-8-7-9-12-16)18(6-3)17(15)5-2/h4,7-9,11-14H,1,5-6,10H2,2-3H3. The zero-order chi connectivity index (χ0) is 13.7. The fourth-order valence-electron chi connectivity index (χ4n) is 2.82. The van der Waals surface area contributed by atoms with Crippen LogP contribution in [0, 0.1) is 0 Å². The third-order valence-electron chi connectivity index (χ3n) is 3.68. The summed E-state index contributed by atoms with van der Waals surface area (Å²) in [7, 11) is 0. The van der Waals surface area contributed by atoms with Gasteiger partial charge in [0.25, 0.3) is 0 Å². The average molecular weight is 250 g/mol. The molecule has 0 spiro atoms. The molecule has 19 heavy (non-hydrogen) atoms. The maximum absolute atomic E-state index is 3.87.